The number of nitrogens with zero attached hydrogens (tertiary/aromatic N) is 2. The minimum Gasteiger partial charge on any atom is -0.345 e. The molecule has 4 heteroatoms. The van der Waals surface area contributed by atoms with Gasteiger partial charge < -0.3 is 4.90 Å². The molecule has 0 spiro atoms. The number of hydrogen-bond donors (Lipinski definition) is 0. The predicted molar refractivity (Wildman–Crippen MR) is 73.7 cm³/mol. The van der Waals surface area contributed by atoms with E-state index in [1.807, 2.05) is 5.38 Å². The summed E-state index contributed by atoms with van der Waals surface area (Å²) in [7, 11) is 0. The first-order valence-corrected chi connectivity index (χ1v) is 7.21. The van der Waals surface area contributed by atoms with Crippen LogP contribution in [-0.4, -0.2) is 17.6 Å². The minimum absolute atomic E-state index is 0.574. The summed E-state index contributed by atoms with van der Waals surface area (Å²) in [4.78, 5) is 6.79. The van der Waals surface area contributed by atoms with Crippen LogP contribution in [0, 0.1) is 5.92 Å². The van der Waals surface area contributed by atoms with Crippen molar-refractivity contribution in [3.63, 3.8) is 0 Å². The topological polar surface area (TPSA) is 16.1 Å². The van der Waals surface area contributed by atoms with Crippen molar-refractivity contribution in [2.75, 3.05) is 11.4 Å². The van der Waals surface area contributed by atoms with Crippen LogP contribution >= 0.6 is 22.9 Å². The molecule has 0 saturated heterocycles. The first-order chi connectivity index (χ1) is 7.58. The molecule has 0 bridgehead atoms. The van der Waals surface area contributed by atoms with Crippen LogP contribution in [0.5, 0.6) is 0 Å². The van der Waals surface area contributed by atoms with E-state index in [1.54, 1.807) is 11.3 Å². The van der Waals surface area contributed by atoms with E-state index in [4.69, 9.17) is 11.6 Å². The van der Waals surface area contributed by atoms with Gasteiger partial charge in [0.05, 0.1) is 0 Å². The molecule has 1 heterocycles. The molecule has 0 radical (unpaired) electrons. The van der Waals surface area contributed by atoms with Gasteiger partial charge in [0.1, 0.15) is 5.15 Å². The first-order valence-electron chi connectivity index (χ1n) is 5.96. The summed E-state index contributed by atoms with van der Waals surface area (Å²) in [6, 6.07) is 0.574. The van der Waals surface area contributed by atoms with Crippen LogP contribution in [0.1, 0.15) is 40.5 Å². The third-order valence-electron chi connectivity index (χ3n) is 2.65. The molecular formula is C12H21ClN2S. The van der Waals surface area contributed by atoms with Crippen molar-refractivity contribution in [3.05, 3.63) is 10.5 Å². The molecule has 0 aliphatic rings. The Morgan fingerprint density at radius 1 is 1.38 bits per heavy atom. The minimum atomic E-state index is 0.574. The van der Waals surface area contributed by atoms with E-state index in [0.29, 0.717) is 17.1 Å². The number of thiazole rings is 1. The molecule has 0 N–H and O–H groups in total. The molecule has 0 atom stereocenters. The molecular weight excluding hydrogens is 240 g/mol. The number of rotatable bonds is 6. The van der Waals surface area contributed by atoms with Crippen molar-refractivity contribution in [1.82, 2.24) is 4.98 Å². The molecule has 0 fully saturated rings. The van der Waals surface area contributed by atoms with Gasteiger partial charge in [-0.05, 0) is 18.8 Å². The van der Waals surface area contributed by atoms with E-state index < -0.39 is 0 Å². The van der Waals surface area contributed by atoms with E-state index in [-0.39, 0.29) is 0 Å². The lowest BCUT2D eigenvalue weighted by Gasteiger charge is -2.31. The number of hydrogen-bond acceptors (Lipinski definition) is 3. The van der Waals surface area contributed by atoms with Gasteiger partial charge in [-0.3, -0.25) is 0 Å². The molecule has 2 nitrogen and oxygen atoms in total. The summed E-state index contributed by atoms with van der Waals surface area (Å²) in [5, 5.41) is 3.58. The molecule has 0 aliphatic heterocycles. The Hall–Kier alpha value is -0.280. The zero-order valence-corrected chi connectivity index (χ0v) is 12.1. The van der Waals surface area contributed by atoms with Gasteiger partial charge in [0.15, 0.2) is 5.13 Å². The molecule has 1 rings (SSSR count). The Balaban J connectivity index is 2.85. The molecule has 0 aromatic carbocycles. The molecule has 16 heavy (non-hydrogen) atoms. The van der Waals surface area contributed by atoms with Crippen LogP contribution in [0.2, 0.25) is 5.15 Å². The highest BCUT2D eigenvalue weighted by Gasteiger charge is 2.19. The molecule has 0 saturated carbocycles. The fourth-order valence-electron chi connectivity index (χ4n) is 1.88. The van der Waals surface area contributed by atoms with Crippen LogP contribution in [0.15, 0.2) is 5.38 Å². The largest absolute Gasteiger partial charge is 0.345 e. The summed E-state index contributed by atoms with van der Waals surface area (Å²) < 4.78 is 0. The zero-order valence-electron chi connectivity index (χ0n) is 10.5. The second-order valence-corrected chi connectivity index (χ2v) is 5.69. The van der Waals surface area contributed by atoms with E-state index in [1.165, 1.54) is 0 Å². The summed E-state index contributed by atoms with van der Waals surface area (Å²) in [5.74, 6) is 0.642. The van der Waals surface area contributed by atoms with Gasteiger partial charge >= 0.3 is 0 Å². The average molecular weight is 261 g/mol. The van der Waals surface area contributed by atoms with Crippen LogP contribution in [0.4, 0.5) is 5.13 Å². The zero-order chi connectivity index (χ0) is 12.1. The van der Waals surface area contributed by atoms with Crippen molar-refractivity contribution in [1.29, 1.82) is 0 Å². The van der Waals surface area contributed by atoms with E-state index in [2.05, 4.69) is 37.6 Å². The maximum Gasteiger partial charge on any atom is 0.187 e. The highest BCUT2D eigenvalue weighted by Crippen LogP contribution is 2.27. The SMILES string of the molecule is CCC(CC)N(CC(C)C)c1nc(Cl)cs1. The second-order valence-electron chi connectivity index (χ2n) is 4.47. The van der Waals surface area contributed by atoms with Gasteiger partial charge in [-0.25, -0.2) is 4.98 Å². The Morgan fingerprint density at radius 2 is 2.00 bits per heavy atom. The second kappa shape index (κ2) is 6.45. The standard InChI is InChI=1S/C12H21ClN2S/c1-5-10(6-2)15(7-9(3)4)12-14-11(13)8-16-12/h8-10H,5-7H2,1-4H3. The number of halogens is 1. The average Bonchev–Trinajstić information content (AvgIpc) is 2.64. The third kappa shape index (κ3) is 3.63. The maximum atomic E-state index is 5.90. The van der Waals surface area contributed by atoms with Crippen LogP contribution in [0.25, 0.3) is 0 Å². The van der Waals surface area contributed by atoms with Crippen molar-refractivity contribution in [2.24, 2.45) is 5.92 Å². The van der Waals surface area contributed by atoms with Gasteiger partial charge in [-0.15, -0.1) is 11.3 Å². The highest BCUT2D eigenvalue weighted by atomic mass is 35.5. The van der Waals surface area contributed by atoms with Gasteiger partial charge in [0.25, 0.3) is 0 Å². The number of anilines is 1. The fourth-order valence-corrected chi connectivity index (χ4v) is 2.91. The van der Waals surface area contributed by atoms with Gasteiger partial charge in [-0.2, -0.15) is 0 Å². The summed E-state index contributed by atoms with van der Waals surface area (Å²) in [5.41, 5.74) is 0. The lowest BCUT2D eigenvalue weighted by atomic mass is 10.1. The molecule has 1 aromatic heterocycles. The number of aromatic nitrogens is 1. The van der Waals surface area contributed by atoms with E-state index >= 15 is 0 Å². The summed E-state index contributed by atoms with van der Waals surface area (Å²) in [6.07, 6.45) is 2.31. The Morgan fingerprint density at radius 3 is 2.38 bits per heavy atom. The van der Waals surface area contributed by atoms with E-state index in [9.17, 15) is 0 Å². The van der Waals surface area contributed by atoms with Gasteiger partial charge in [0.2, 0.25) is 0 Å². The van der Waals surface area contributed by atoms with Crippen LogP contribution in [0.3, 0.4) is 0 Å². The third-order valence-corrected chi connectivity index (χ3v) is 3.86. The van der Waals surface area contributed by atoms with Crippen molar-refractivity contribution >= 4 is 28.1 Å². The van der Waals surface area contributed by atoms with Gasteiger partial charge in [0, 0.05) is 18.0 Å². The lowest BCUT2D eigenvalue weighted by molar-refractivity contribution is 0.507. The quantitative estimate of drug-likeness (QED) is 0.751. The van der Waals surface area contributed by atoms with Crippen molar-refractivity contribution in [3.8, 4) is 0 Å². The van der Waals surface area contributed by atoms with E-state index in [0.717, 1.165) is 24.5 Å². The van der Waals surface area contributed by atoms with Crippen molar-refractivity contribution in [2.45, 2.75) is 46.6 Å². The molecule has 0 amide bonds. The monoisotopic (exact) mass is 260 g/mol. The summed E-state index contributed by atoms with van der Waals surface area (Å²) in [6.45, 7) is 10.00. The summed E-state index contributed by atoms with van der Waals surface area (Å²) >= 11 is 7.55. The normalized spacial score (nSPS) is 11.4. The Kier molecular flexibility index (Phi) is 5.56. The predicted octanol–water partition coefficient (Wildman–Crippen LogP) is 4.45. The molecule has 0 unspecified atom stereocenters. The van der Waals surface area contributed by atoms with Crippen LogP contribution < -0.4 is 4.90 Å². The molecule has 92 valence electrons. The first kappa shape index (κ1) is 13.8. The van der Waals surface area contributed by atoms with Crippen molar-refractivity contribution < 1.29 is 0 Å². The molecule has 0 aliphatic carbocycles. The highest BCUT2D eigenvalue weighted by molar-refractivity contribution is 7.14. The Labute approximate surface area is 108 Å². The van der Waals surface area contributed by atoms with Crippen LogP contribution in [-0.2, 0) is 0 Å². The maximum absolute atomic E-state index is 5.90. The smallest absolute Gasteiger partial charge is 0.187 e. The van der Waals surface area contributed by atoms with Gasteiger partial charge in [-0.1, -0.05) is 39.3 Å². The lowest BCUT2D eigenvalue weighted by Crippen LogP contribution is -2.37. The Bertz CT molecular complexity index is 308. The molecule has 1 aromatic rings. The fraction of sp³-hybridized carbons (Fsp3) is 0.750.